The maximum absolute atomic E-state index is 12.5. The fourth-order valence-corrected chi connectivity index (χ4v) is 3.20. The normalized spacial score (nSPS) is 15.9. The molecule has 3 rings (SSSR count). The topological polar surface area (TPSA) is 77.0 Å². The summed E-state index contributed by atoms with van der Waals surface area (Å²) in [6.07, 6.45) is 3.61. The zero-order valence-electron chi connectivity index (χ0n) is 14.7. The van der Waals surface area contributed by atoms with Gasteiger partial charge in [0.15, 0.2) is 5.82 Å². The minimum Gasteiger partial charge on any atom is -0.341 e. The van der Waals surface area contributed by atoms with E-state index in [4.69, 9.17) is 4.52 Å². The number of likely N-dealkylation sites (tertiary alicyclic amines) is 1. The van der Waals surface area contributed by atoms with Crippen LogP contribution in [0.5, 0.6) is 0 Å². The second-order valence-electron chi connectivity index (χ2n) is 6.54. The van der Waals surface area contributed by atoms with Gasteiger partial charge in [0.2, 0.25) is 11.8 Å². The third kappa shape index (κ3) is 3.66. The highest BCUT2D eigenvalue weighted by molar-refractivity contribution is 5.76. The van der Waals surface area contributed by atoms with Gasteiger partial charge >= 0.3 is 0 Å². The largest absolute Gasteiger partial charge is 0.341 e. The molecule has 0 bridgehead atoms. The van der Waals surface area contributed by atoms with Crippen LogP contribution in [0.4, 0.5) is 0 Å². The van der Waals surface area contributed by atoms with E-state index < -0.39 is 0 Å². The number of aryl methyl sites for hydroxylation is 3. The summed E-state index contributed by atoms with van der Waals surface area (Å²) in [5, 5.41) is 8.39. The van der Waals surface area contributed by atoms with E-state index in [-0.39, 0.29) is 11.8 Å². The Morgan fingerprint density at radius 3 is 2.71 bits per heavy atom. The average Bonchev–Trinajstić information content (AvgIpc) is 3.15. The molecular weight excluding hydrogens is 306 g/mol. The standard InChI is InChI=1S/C17H25N5O2/c1-4-5-15-18-17(24-20-15)14-6-8-21(9-7-14)16(23)11-22-13(3)10-12(2)19-22/h10,14H,4-9,11H2,1-3H3. The molecule has 0 atom stereocenters. The molecule has 0 unspecified atom stereocenters. The van der Waals surface area contributed by atoms with Gasteiger partial charge in [0.05, 0.1) is 5.69 Å². The van der Waals surface area contributed by atoms with Crippen LogP contribution in [0.3, 0.4) is 0 Å². The smallest absolute Gasteiger partial charge is 0.244 e. The quantitative estimate of drug-likeness (QED) is 0.840. The first kappa shape index (κ1) is 16.7. The number of aromatic nitrogens is 4. The van der Waals surface area contributed by atoms with Crippen molar-refractivity contribution in [2.24, 2.45) is 0 Å². The summed E-state index contributed by atoms with van der Waals surface area (Å²) in [5.74, 6) is 1.90. The van der Waals surface area contributed by atoms with Crippen LogP contribution in [0.15, 0.2) is 10.6 Å². The Balaban J connectivity index is 1.54. The Bertz CT molecular complexity index is 698. The first-order chi connectivity index (χ1) is 11.6. The van der Waals surface area contributed by atoms with Crippen LogP contribution in [-0.4, -0.2) is 43.8 Å². The molecule has 7 nitrogen and oxygen atoms in total. The highest BCUT2D eigenvalue weighted by Gasteiger charge is 2.27. The lowest BCUT2D eigenvalue weighted by Crippen LogP contribution is -2.40. The number of rotatable bonds is 5. The van der Waals surface area contributed by atoms with Gasteiger partial charge in [0, 0.05) is 31.1 Å². The number of carbonyl (C=O) groups is 1. The van der Waals surface area contributed by atoms with Crippen molar-refractivity contribution in [3.8, 4) is 0 Å². The third-order valence-corrected chi connectivity index (χ3v) is 4.54. The first-order valence-electron chi connectivity index (χ1n) is 8.68. The van der Waals surface area contributed by atoms with Crippen molar-refractivity contribution in [1.82, 2.24) is 24.8 Å². The van der Waals surface area contributed by atoms with E-state index in [1.54, 1.807) is 4.68 Å². The van der Waals surface area contributed by atoms with E-state index in [1.807, 2.05) is 24.8 Å². The first-order valence-corrected chi connectivity index (χ1v) is 8.68. The van der Waals surface area contributed by atoms with Crippen LogP contribution in [0.1, 0.15) is 55.2 Å². The lowest BCUT2D eigenvalue weighted by atomic mass is 9.96. The molecule has 1 fully saturated rings. The molecule has 0 saturated carbocycles. The summed E-state index contributed by atoms with van der Waals surface area (Å²) >= 11 is 0. The number of amides is 1. The summed E-state index contributed by atoms with van der Waals surface area (Å²) in [5.41, 5.74) is 1.96. The van der Waals surface area contributed by atoms with Gasteiger partial charge in [0.1, 0.15) is 6.54 Å². The van der Waals surface area contributed by atoms with Gasteiger partial charge in [0.25, 0.3) is 0 Å². The summed E-state index contributed by atoms with van der Waals surface area (Å²) in [6, 6.07) is 1.99. The summed E-state index contributed by atoms with van der Waals surface area (Å²) in [4.78, 5) is 18.9. The van der Waals surface area contributed by atoms with Gasteiger partial charge in [-0.1, -0.05) is 12.1 Å². The van der Waals surface area contributed by atoms with Crippen molar-refractivity contribution in [2.45, 2.75) is 58.9 Å². The second kappa shape index (κ2) is 7.15. The van der Waals surface area contributed by atoms with Crippen LogP contribution >= 0.6 is 0 Å². The SMILES string of the molecule is CCCc1noc(C2CCN(C(=O)Cn3nc(C)cc3C)CC2)n1. The van der Waals surface area contributed by atoms with Gasteiger partial charge in [-0.2, -0.15) is 10.1 Å². The molecule has 1 aliphatic heterocycles. The van der Waals surface area contributed by atoms with E-state index in [1.165, 1.54) is 0 Å². The Hall–Kier alpha value is -2.18. The van der Waals surface area contributed by atoms with Crippen molar-refractivity contribution in [3.63, 3.8) is 0 Å². The van der Waals surface area contributed by atoms with Gasteiger partial charge in [-0.05, 0) is 39.2 Å². The van der Waals surface area contributed by atoms with Crippen LogP contribution in [0, 0.1) is 13.8 Å². The number of hydrogen-bond acceptors (Lipinski definition) is 5. The highest BCUT2D eigenvalue weighted by Crippen LogP contribution is 2.27. The fraction of sp³-hybridized carbons (Fsp3) is 0.647. The Kier molecular flexibility index (Phi) is 4.97. The maximum atomic E-state index is 12.5. The van der Waals surface area contributed by atoms with Crippen molar-refractivity contribution in [3.05, 3.63) is 29.2 Å². The monoisotopic (exact) mass is 331 g/mol. The number of carbonyl (C=O) groups excluding carboxylic acids is 1. The van der Waals surface area contributed by atoms with Gasteiger partial charge in [-0.15, -0.1) is 0 Å². The molecule has 2 aromatic heterocycles. The molecule has 0 spiro atoms. The van der Waals surface area contributed by atoms with Crippen LogP contribution < -0.4 is 0 Å². The van der Waals surface area contributed by atoms with Crippen molar-refractivity contribution in [2.75, 3.05) is 13.1 Å². The number of nitrogens with zero attached hydrogens (tertiary/aromatic N) is 5. The minimum atomic E-state index is 0.122. The Labute approximate surface area is 142 Å². The zero-order valence-corrected chi connectivity index (χ0v) is 14.7. The van der Waals surface area contributed by atoms with Crippen molar-refractivity contribution < 1.29 is 9.32 Å². The molecule has 1 saturated heterocycles. The summed E-state index contributed by atoms with van der Waals surface area (Å²) < 4.78 is 7.16. The van der Waals surface area contributed by atoms with E-state index in [2.05, 4.69) is 22.2 Å². The molecule has 2 aromatic rings. The zero-order chi connectivity index (χ0) is 17.1. The van der Waals surface area contributed by atoms with Gasteiger partial charge in [-0.3, -0.25) is 9.48 Å². The molecule has 0 N–H and O–H groups in total. The van der Waals surface area contributed by atoms with Crippen molar-refractivity contribution in [1.29, 1.82) is 0 Å². The second-order valence-corrected chi connectivity index (χ2v) is 6.54. The predicted octanol–water partition coefficient (Wildman–Crippen LogP) is 2.24. The third-order valence-electron chi connectivity index (χ3n) is 4.54. The molecule has 0 aromatic carbocycles. The van der Waals surface area contributed by atoms with E-state index in [0.29, 0.717) is 6.54 Å². The van der Waals surface area contributed by atoms with Crippen molar-refractivity contribution >= 4 is 5.91 Å². The molecule has 0 aliphatic carbocycles. The highest BCUT2D eigenvalue weighted by atomic mass is 16.5. The molecule has 24 heavy (non-hydrogen) atoms. The molecule has 7 heteroatoms. The van der Waals surface area contributed by atoms with E-state index >= 15 is 0 Å². The van der Waals surface area contributed by atoms with E-state index in [0.717, 1.165) is 61.9 Å². The van der Waals surface area contributed by atoms with Crippen LogP contribution in [0.25, 0.3) is 0 Å². The van der Waals surface area contributed by atoms with Gasteiger partial charge in [-0.25, -0.2) is 0 Å². The Morgan fingerprint density at radius 1 is 1.33 bits per heavy atom. The summed E-state index contributed by atoms with van der Waals surface area (Å²) in [6.45, 7) is 7.79. The summed E-state index contributed by atoms with van der Waals surface area (Å²) in [7, 11) is 0. The van der Waals surface area contributed by atoms with Crippen LogP contribution in [0.2, 0.25) is 0 Å². The molecule has 1 aliphatic rings. The fourth-order valence-electron chi connectivity index (χ4n) is 3.20. The average molecular weight is 331 g/mol. The van der Waals surface area contributed by atoms with Gasteiger partial charge < -0.3 is 9.42 Å². The minimum absolute atomic E-state index is 0.122. The molecule has 3 heterocycles. The molecular formula is C17H25N5O2. The molecule has 130 valence electrons. The number of hydrogen-bond donors (Lipinski definition) is 0. The maximum Gasteiger partial charge on any atom is 0.244 e. The predicted molar refractivity (Wildman–Crippen MR) is 88.5 cm³/mol. The van der Waals surface area contributed by atoms with Crippen LogP contribution in [-0.2, 0) is 17.8 Å². The Morgan fingerprint density at radius 2 is 2.08 bits per heavy atom. The lowest BCUT2D eigenvalue weighted by molar-refractivity contribution is -0.133. The lowest BCUT2D eigenvalue weighted by Gasteiger charge is -2.30. The molecule has 1 amide bonds. The van der Waals surface area contributed by atoms with E-state index in [9.17, 15) is 4.79 Å². The molecule has 0 radical (unpaired) electrons. The number of piperidine rings is 1.